The first-order valence-electron chi connectivity index (χ1n) is 14.4. The Balaban J connectivity index is 1.31. The first-order chi connectivity index (χ1) is 19.3. The molecule has 0 aliphatic carbocycles. The zero-order valence-electron chi connectivity index (χ0n) is 23.3. The van der Waals surface area contributed by atoms with E-state index in [0.29, 0.717) is 61.6 Å². The molecule has 2 atom stereocenters. The van der Waals surface area contributed by atoms with Gasteiger partial charge in [-0.25, -0.2) is 4.39 Å². The molecule has 2 saturated heterocycles. The predicted molar refractivity (Wildman–Crippen MR) is 149 cm³/mol. The first-order valence-corrected chi connectivity index (χ1v) is 14.4. The van der Waals surface area contributed by atoms with Crippen molar-refractivity contribution in [1.29, 1.82) is 0 Å². The molecule has 8 nitrogen and oxygen atoms in total. The van der Waals surface area contributed by atoms with Gasteiger partial charge in [0.1, 0.15) is 5.82 Å². The molecule has 0 radical (unpaired) electrons. The van der Waals surface area contributed by atoms with Gasteiger partial charge in [0.05, 0.1) is 35.2 Å². The van der Waals surface area contributed by atoms with Crippen LogP contribution in [0.4, 0.5) is 10.1 Å². The number of anilines is 1. The van der Waals surface area contributed by atoms with Crippen molar-refractivity contribution < 1.29 is 23.6 Å². The molecule has 0 saturated carbocycles. The van der Waals surface area contributed by atoms with Crippen molar-refractivity contribution in [3.8, 4) is 0 Å². The molecule has 0 aromatic heterocycles. The van der Waals surface area contributed by atoms with Gasteiger partial charge in [-0.1, -0.05) is 18.2 Å². The number of amides is 4. The van der Waals surface area contributed by atoms with Crippen LogP contribution in [0.15, 0.2) is 42.5 Å². The molecule has 0 spiro atoms. The number of nitrogens with zero attached hydrogens (tertiary/aromatic N) is 4. The largest absolute Gasteiger partial charge is 0.370 e. The monoisotopic (exact) mass is 548 g/mol. The van der Waals surface area contributed by atoms with Gasteiger partial charge in [0.25, 0.3) is 11.8 Å². The maximum atomic E-state index is 13.7. The normalized spacial score (nSPS) is 21.0. The Morgan fingerprint density at radius 3 is 2.40 bits per heavy atom. The number of hydrogen-bond donors (Lipinski definition) is 0. The quantitative estimate of drug-likeness (QED) is 0.490. The molecular formula is C31H37FN4O4. The number of halogens is 1. The number of imide groups is 1. The van der Waals surface area contributed by atoms with Crippen LogP contribution in [0.3, 0.4) is 0 Å². The van der Waals surface area contributed by atoms with Gasteiger partial charge in [-0.05, 0) is 69.4 Å². The highest BCUT2D eigenvalue weighted by Crippen LogP contribution is 2.35. The van der Waals surface area contributed by atoms with E-state index in [1.807, 2.05) is 34.6 Å². The second-order valence-electron chi connectivity index (χ2n) is 10.9. The molecule has 4 amide bonds. The number of likely N-dealkylation sites (tertiary alicyclic amines) is 1. The van der Waals surface area contributed by atoms with Crippen LogP contribution in [0.1, 0.15) is 65.8 Å². The highest BCUT2D eigenvalue weighted by molar-refractivity contribution is 6.23. The second-order valence-corrected chi connectivity index (χ2v) is 10.9. The molecular weight excluding hydrogens is 511 g/mol. The molecule has 2 fully saturated rings. The van der Waals surface area contributed by atoms with E-state index in [9.17, 15) is 23.6 Å². The molecule has 2 aromatic rings. The van der Waals surface area contributed by atoms with Gasteiger partial charge in [0, 0.05) is 39.3 Å². The fourth-order valence-electron chi connectivity index (χ4n) is 6.37. The van der Waals surface area contributed by atoms with E-state index < -0.39 is 17.6 Å². The van der Waals surface area contributed by atoms with E-state index >= 15 is 0 Å². The van der Waals surface area contributed by atoms with Crippen LogP contribution in [0.25, 0.3) is 0 Å². The summed E-state index contributed by atoms with van der Waals surface area (Å²) in [5.74, 6) is -1.45. The number of benzene rings is 2. The third kappa shape index (κ3) is 5.33. The average molecular weight is 549 g/mol. The summed E-state index contributed by atoms with van der Waals surface area (Å²) in [5.41, 5.74) is 1.88. The van der Waals surface area contributed by atoms with Crippen molar-refractivity contribution in [1.82, 2.24) is 14.7 Å². The van der Waals surface area contributed by atoms with Crippen LogP contribution in [0.2, 0.25) is 0 Å². The minimum absolute atomic E-state index is 0.00695. The Morgan fingerprint density at radius 1 is 0.925 bits per heavy atom. The third-order valence-electron chi connectivity index (χ3n) is 8.48. The summed E-state index contributed by atoms with van der Waals surface area (Å²) in [4.78, 5) is 60.2. The standard InChI is InChI=1S/C31H37FN4O4/c1-3-33(4-2)28(37)23-11-8-16-35(20-23)29(38)22-10-7-15-34(19-22)26-14-6-13-25-27(26)31(40)36(30(25)39)18-21-9-5-12-24(32)17-21/h5-6,9,12-14,17,22-23H,3-4,7-8,10-11,15-16,18-20H2,1-2H3. The Bertz CT molecular complexity index is 1310. The van der Waals surface area contributed by atoms with Crippen LogP contribution in [0.5, 0.6) is 0 Å². The van der Waals surface area contributed by atoms with Crippen molar-refractivity contribution in [2.45, 2.75) is 46.1 Å². The van der Waals surface area contributed by atoms with Crippen molar-refractivity contribution in [3.05, 3.63) is 65.0 Å². The summed E-state index contributed by atoms with van der Waals surface area (Å²) in [6.45, 7) is 7.51. The Labute approximate surface area is 234 Å². The predicted octanol–water partition coefficient (Wildman–Crippen LogP) is 3.95. The zero-order valence-corrected chi connectivity index (χ0v) is 23.3. The van der Waals surface area contributed by atoms with Gasteiger partial charge in [0.2, 0.25) is 11.8 Å². The molecule has 3 aliphatic rings. The molecule has 3 heterocycles. The molecule has 212 valence electrons. The minimum Gasteiger partial charge on any atom is -0.370 e. The summed E-state index contributed by atoms with van der Waals surface area (Å²) in [7, 11) is 0. The highest BCUT2D eigenvalue weighted by Gasteiger charge is 2.40. The van der Waals surface area contributed by atoms with Crippen LogP contribution < -0.4 is 4.90 Å². The lowest BCUT2D eigenvalue weighted by molar-refractivity contribution is -0.142. The van der Waals surface area contributed by atoms with E-state index in [-0.39, 0.29) is 30.2 Å². The fraction of sp³-hybridized carbons (Fsp3) is 0.484. The van der Waals surface area contributed by atoms with Crippen LogP contribution in [-0.2, 0) is 16.1 Å². The molecule has 0 bridgehead atoms. The SMILES string of the molecule is CCN(CC)C(=O)C1CCCN(C(=O)C2CCCN(c3cccc4c3C(=O)N(Cc3cccc(F)c3)C4=O)C2)C1. The van der Waals surface area contributed by atoms with E-state index in [1.165, 1.54) is 12.1 Å². The summed E-state index contributed by atoms with van der Waals surface area (Å²) in [5, 5.41) is 0. The average Bonchev–Trinajstić information content (AvgIpc) is 3.22. The van der Waals surface area contributed by atoms with Gasteiger partial charge in [-0.15, -0.1) is 0 Å². The molecule has 5 rings (SSSR count). The summed E-state index contributed by atoms with van der Waals surface area (Å²) < 4.78 is 13.7. The number of fused-ring (bicyclic) bond motifs is 1. The lowest BCUT2D eigenvalue weighted by atomic mass is 9.91. The van der Waals surface area contributed by atoms with Crippen molar-refractivity contribution in [2.24, 2.45) is 11.8 Å². The maximum Gasteiger partial charge on any atom is 0.263 e. The van der Waals surface area contributed by atoms with Gasteiger partial charge >= 0.3 is 0 Å². The number of rotatable bonds is 7. The number of hydrogen-bond acceptors (Lipinski definition) is 5. The molecule has 2 unspecified atom stereocenters. The van der Waals surface area contributed by atoms with Gasteiger partial charge in [0.15, 0.2) is 0 Å². The molecule has 2 aromatic carbocycles. The number of carbonyl (C=O) groups excluding carboxylic acids is 4. The smallest absolute Gasteiger partial charge is 0.263 e. The summed E-state index contributed by atoms with van der Waals surface area (Å²) >= 11 is 0. The fourth-order valence-corrected chi connectivity index (χ4v) is 6.37. The Morgan fingerprint density at radius 2 is 1.65 bits per heavy atom. The highest BCUT2D eigenvalue weighted by atomic mass is 19.1. The van der Waals surface area contributed by atoms with Gasteiger partial charge in [-0.2, -0.15) is 0 Å². The van der Waals surface area contributed by atoms with Crippen molar-refractivity contribution in [2.75, 3.05) is 44.2 Å². The summed E-state index contributed by atoms with van der Waals surface area (Å²) in [6, 6.07) is 11.2. The zero-order chi connectivity index (χ0) is 28.4. The van der Waals surface area contributed by atoms with Crippen molar-refractivity contribution in [3.63, 3.8) is 0 Å². The Kier molecular flexibility index (Phi) is 8.19. The molecule has 3 aliphatic heterocycles. The third-order valence-corrected chi connectivity index (χ3v) is 8.48. The number of carbonyl (C=O) groups is 4. The topological polar surface area (TPSA) is 81.2 Å². The van der Waals surface area contributed by atoms with Crippen LogP contribution in [0, 0.1) is 17.7 Å². The lowest BCUT2D eigenvalue weighted by Crippen LogP contribution is -2.50. The van der Waals surface area contributed by atoms with E-state index in [2.05, 4.69) is 0 Å². The van der Waals surface area contributed by atoms with Crippen LogP contribution in [-0.4, -0.2) is 77.6 Å². The van der Waals surface area contributed by atoms with E-state index in [1.54, 1.807) is 24.3 Å². The van der Waals surface area contributed by atoms with Crippen LogP contribution >= 0.6 is 0 Å². The first kappa shape index (κ1) is 27.8. The van der Waals surface area contributed by atoms with Gasteiger partial charge in [-0.3, -0.25) is 24.1 Å². The van der Waals surface area contributed by atoms with Crippen molar-refractivity contribution >= 4 is 29.3 Å². The second kappa shape index (κ2) is 11.8. The Hall–Kier alpha value is -3.75. The summed E-state index contributed by atoms with van der Waals surface area (Å²) in [6.07, 6.45) is 3.14. The molecule has 40 heavy (non-hydrogen) atoms. The molecule has 0 N–H and O–H groups in total. The lowest BCUT2D eigenvalue weighted by Gasteiger charge is -2.39. The van der Waals surface area contributed by atoms with E-state index in [0.717, 1.165) is 30.6 Å². The maximum absolute atomic E-state index is 13.7. The van der Waals surface area contributed by atoms with Gasteiger partial charge < -0.3 is 14.7 Å². The van der Waals surface area contributed by atoms with E-state index in [4.69, 9.17) is 0 Å². The molecule has 9 heteroatoms. The number of piperidine rings is 2. The minimum atomic E-state index is -0.420.